The molecule has 0 aliphatic heterocycles. The molecule has 0 aromatic carbocycles. The zero-order chi connectivity index (χ0) is 13.5. The van der Waals surface area contributed by atoms with Crippen molar-refractivity contribution < 1.29 is 0 Å². The van der Waals surface area contributed by atoms with E-state index in [1.807, 2.05) is 0 Å². The summed E-state index contributed by atoms with van der Waals surface area (Å²) in [5.41, 5.74) is 0.650. The summed E-state index contributed by atoms with van der Waals surface area (Å²) in [6.45, 7) is 17.2. The Morgan fingerprint density at radius 1 is 1.06 bits per heavy atom. The summed E-state index contributed by atoms with van der Waals surface area (Å²) in [5, 5.41) is 3.66. The molecule has 1 atom stereocenters. The fraction of sp³-hybridized carbons (Fsp3) is 1.00. The maximum Gasteiger partial charge on any atom is 0.00966 e. The quantitative estimate of drug-likeness (QED) is 0.672. The minimum absolute atomic E-state index is 0.238. The molecule has 0 fully saturated rings. The highest BCUT2D eigenvalue weighted by atomic mass is 32.2. The van der Waals surface area contributed by atoms with E-state index in [1.54, 1.807) is 0 Å². The molecule has 0 aliphatic rings. The standard InChI is InChI=1S/C15H33NS/c1-8-17-11-9-10-13(14(2,3)4)12-16-15(5,6)7/h13,16H,8-12H2,1-7H3. The van der Waals surface area contributed by atoms with Gasteiger partial charge in [0.05, 0.1) is 0 Å². The maximum absolute atomic E-state index is 3.66. The van der Waals surface area contributed by atoms with Crippen LogP contribution in [0.15, 0.2) is 0 Å². The van der Waals surface area contributed by atoms with Crippen LogP contribution in [0.1, 0.15) is 61.3 Å². The highest BCUT2D eigenvalue weighted by Gasteiger charge is 2.25. The predicted octanol–water partition coefficient (Wildman–Crippen LogP) is 4.57. The van der Waals surface area contributed by atoms with E-state index in [2.05, 4.69) is 65.5 Å². The van der Waals surface area contributed by atoms with Crippen molar-refractivity contribution in [3.05, 3.63) is 0 Å². The first-order chi connectivity index (χ1) is 7.67. The van der Waals surface area contributed by atoms with E-state index >= 15 is 0 Å². The summed E-state index contributed by atoms with van der Waals surface area (Å²) in [7, 11) is 0. The summed E-state index contributed by atoms with van der Waals surface area (Å²) in [6.07, 6.45) is 2.70. The number of thioether (sulfide) groups is 1. The molecular weight excluding hydrogens is 226 g/mol. The van der Waals surface area contributed by atoms with Gasteiger partial charge in [0.15, 0.2) is 0 Å². The number of rotatable bonds is 7. The van der Waals surface area contributed by atoms with Crippen LogP contribution in [-0.4, -0.2) is 23.6 Å². The zero-order valence-electron chi connectivity index (χ0n) is 13.0. The first-order valence-corrected chi connectivity index (χ1v) is 8.15. The Bertz CT molecular complexity index is 188. The van der Waals surface area contributed by atoms with Crippen LogP contribution in [0.4, 0.5) is 0 Å². The van der Waals surface area contributed by atoms with Crippen LogP contribution in [-0.2, 0) is 0 Å². The minimum atomic E-state index is 0.238. The van der Waals surface area contributed by atoms with Crippen molar-refractivity contribution in [2.24, 2.45) is 11.3 Å². The molecule has 0 aromatic heterocycles. The fourth-order valence-electron chi connectivity index (χ4n) is 1.85. The molecule has 0 heterocycles. The van der Waals surface area contributed by atoms with E-state index in [-0.39, 0.29) is 5.54 Å². The van der Waals surface area contributed by atoms with Crippen LogP contribution < -0.4 is 5.32 Å². The van der Waals surface area contributed by atoms with Gasteiger partial charge in [0, 0.05) is 5.54 Å². The average molecular weight is 260 g/mol. The summed E-state index contributed by atoms with van der Waals surface area (Å²) in [6, 6.07) is 0. The van der Waals surface area contributed by atoms with Gasteiger partial charge in [-0.3, -0.25) is 0 Å². The molecule has 0 aromatic rings. The molecule has 17 heavy (non-hydrogen) atoms. The Hall–Kier alpha value is 0.310. The van der Waals surface area contributed by atoms with E-state index in [1.165, 1.54) is 24.3 Å². The second-order valence-electron chi connectivity index (χ2n) is 7.03. The molecule has 0 bridgehead atoms. The van der Waals surface area contributed by atoms with Gasteiger partial charge in [-0.05, 0) is 63.0 Å². The lowest BCUT2D eigenvalue weighted by Crippen LogP contribution is -2.42. The van der Waals surface area contributed by atoms with Crippen LogP contribution in [0, 0.1) is 11.3 Å². The van der Waals surface area contributed by atoms with Crippen LogP contribution in [0.25, 0.3) is 0 Å². The van der Waals surface area contributed by atoms with Gasteiger partial charge in [0.1, 0.15) is 0 Å². The van der Waals surface area contributed by atoms with Crippen molar-refractivity contribution in [3.63, 3.8) is 0 Å². The van der Waals surface area contributed by atoms with E-state index in [9.17, 15) is 0 Å². The third-order valence-corrected chi connectivity index (χ3v) is 4.13. The fourth-order valence-corrected chi connectivity index (χ4v) is 2.51. The first kappa shape index (κ1) is 17.3. The first-order valence-electron chi connectivity index (χ1n) is 6.99. The van der Waals surface area contributed by atoms with Crippen molar-refractivity contribution in [2.75, 3.05) is 18.1 Å². The molecule has 0 rings (SSSR count). The molecule has 1 nitrogen and oxygen atoms in total. The van der Waals surface area contributed by atoms with Gasteiger partial charge in [-0.15, -0.1) is 0 Å². The maximum atomic E-state index is 3.66. The molecule has 0 saturated carbocycles. The second kappa shape index (κ2) is 7.68. The van der Waals surface area contributed by atoms with Gasteiger partial charge < -0.3 is 5.32 Å². The van der Waals surface area contributed by atoms with E-state index in [0.717, 1.165) is 12.5 Å². The van der Waals surface area contributed by atoms with Gasteiger partial charge in [-0.1, -0.05) is 27.7 Å². The van der Waals surface area contributed by atoms with Crippen molar-refractivity contribution in [1.82, 2.24) is 5.32 Å². The molecular formula is C15H33NS. The molecule has 104 valence electrons. The molecule has 2 heteroatoms. The number of nitrogens with one attached hydrogen (secondary N) is 1. The Morgan fingerprint density at radius 2 is 1.65 bits per heavy atom. The Labute approximate surface area is 114 Å². The summed E-state index contributed by atoms with van der Waals surface area (Å²) < 4.78 is 0. The van der Waals surface area contributed by atoms with Crippen molar-refractivity contribution >= 4 is 11.8 Å². The van der Waals surface area contributed by atoms with Crippen molar-refractivity contribution in [3.8, 4) is 0 Å². The monoisotopic (exact) mass is 259 g/mol. The van der Waals surface area contributed by atoms with Gasteiger partial charge in [-0.25, -0.2) is 0 Å². The largest absolute Gasteiger partial charge is 0.312 e. The highest BCUT2D eigenvalue weighted by molar-refractivity contribution is 7.99. The van der Waals surface area contributed by atoms with Crippen LogP contribution in [0.2, 0.25) is 0 Å². The Balaban J connectivity index is 4.08. The van der Waals surface area contributed by atoms with Gasteiger partial charge >= 0.3 is 0 Å². The SMILES string of the molecule is CCSCCCC(CNC(C)(C)C)C(C)(C)C. The van der Waals surface area contributed by atoms with Gasteiger partial charge in [0.25, 0.3) is 0 Å². The summed E-state index contributed by atoms with van der Waals surface area (Å²) in [4.78, 5) is 0. The van der Waals surface area contributed by atoms with E-state index < -0.39 is 0 Å². The Kier molecular flexibility index (Phi) is 7.82. The molecule has 0 radical (unpaired) electrons. The third kappa shape index (κ3) is 9.96. The van der Waals surface area contributed by atoms with Crippen molar-refractivity contribution in [2.45, 2.75) is 66.8 Å². The normalized spacial score (nSPS) is 15.0. The molecule has 0 spiro atoms. The predicted molar refractivity (Wildman–Crippen MR) is 82.9 cm³/mol. The summed E-state index contributed by atoms with van der Waals surface area (Å²) in [5.74, 6) is 3.35. The molecule has 1 unspecified atom stereocenters. The topological polar surface area (TPSA) is 12.0 Å². The lowest BCUT2D eigenvalue weighted by Gasteiger charge is -2.34. The van der Waals surface area contributed by atoms with Gasteiger partial charge in [0.2, 0.25) is 0 Å². The molecule has 1 N–H and O–H groups in total. The van der Waals surface area contributed by atoms with Crippen LogP contribution >= 0.6 is 11.8 Å². The molecule has 0 saturated heterocycles. The number of hydrogen-bond donors (Lipinski definition) is 1. The smallest absolute Gasteiger partial charge is 0.00966 e. The molecule has 0 aliphatic carbocycles. The molecule has 0 amide bonds. The Morgan fingerprint density at radius 3 is 2.06 bits per heavy atom. The lowest BCUT2D eigenvalue weighted by atomic mass is 9.78. The zero-order valence-corrected chi connectivity index (χ0v) is 13.8. The van der Waals surface area contributed by atoms with Crippen LogP contribution in [0.3, 0.4) is 0 Å². The van der Waals surface area contributed by atoms with Crippen LogP contribution in [0.5, 0.6) is 0 Å². The number of hydrogen-bond acceptors (Lipinski definition) is 2. The van der Waals surface area contributed by atoms with Crippen molar-refractivity contribution in [1.29, 1.82) is 0 Å². The third-order valence-electron chi connectivity index (χ3n) is 3.15. The summed E-state index contributed by atoms with van der Waals surface area (Å²) >= 11 is 2.06. The van der Waals surface area contributed by atoms with E-state index in [4.69, 9.17) is 0 Å². The average Bonchev–Trinajstić information content (AvgIpc) is 2.13. The van der Waals surface area contributed by atoms with E-state index in [0.29, 0.717) is 5.41 Å². The lowest BCUT2D eigenvalue weighted by molar-refractivity contribution is 0.202. The highest BCUT2D eigenvalue weighted by Crippen LogP contribution is 2.30. The second-order valence-corrected chi connectivity index (χ2v) is 8.43. The van der Waals surface area contributed by atoms with Gasteiger partial charge in [-0.2, -0.15) is 11.8 Å². The minimum Gasteiger partial charge on any atom is -0.312 e.